The molecule has 1 aromatic carbocycles. The van der Waals surface area contributed by atoms with Crippen LogP contribution in [0.25, 0.3) is 0 Å². The minimum absolute atomic E-state index is 0.0939. The van der Waals surface area contributed by atoms with Gasteiger partial charge in [0.05, 0.1) is 6.54 Å². The maximum atomic E-state index is 13.8. The average Bonchev–Trinajstić information content (AvgIpc) is 2.33. The van der Waals surface area contributed by atoms with Crippen LogP contribution in [-0.2, 0) is 4.79 Å². The van der Waals surface area contributed by atoms with Crippen LogP contribution in [-0.4, -0.2) is 54.6 Å². The minimum Gasteiger partial charge on any atom is -0.480 e. The summed E-state index contributed by atoms with van der Waals surface area (Å²) >= 11 is 0. The number of likely N-dealkylation sites (N-methyl/N-ethyl adjacent to an activating group) is 1. The maximum Gasteiger partial charge on any atom is 0.317 e. The van der Waals surface area contributed by atoms with Crippen molar-refractivity contribution >= 4 is 5.97 Å². The number of hydrogen-bond acceptors (Lipinski definition) is 3. The molecule has 1 N–H and O–H groups in total. The van der Waals surface area contributed by atoms with E-state index in [0.717, 1.165) is 6.54 Å². The Hall–Kier alpha value is -1.46. The average molecular weight is 268 g/mol. The summed E-state index contributed by atoms with van der Waals surface area (Å²) < 4.78 is 13.8. The van der Waals surface area contributed by atoms with Crippen LogP contribution in [0.2, 0.25) is 0 Å². The lowest BCUT2D eigenvalue weighted by molar-refractivity contribution is -0.139. The third-order valence-electron chi connectivity index (χ3n) is 3.08. The van der Waals surface area contributed by atoms with Gasteiger partial charge in [0.1, 0.15) is 5.82 Å². The second-order valence-electron chi connectivity index (χ2n) is 4.86. The summed E-state index contributed by atoms with van der Waals surface area (Å²) in [6.07, 6.45) is 0. The van der Waals surface area contributed by atoms with E-state index in [1.165, 1.54) is 6.07 Å². The summed E-state index contributed by atoms with van der Waals surface area (Å²) in [6, 6.07) is 6.23. The largest absolute Gasteiger partial charge is 0.480 e. The van der Waals surface area contributed by atoms with E-state index in [4.69, 9.17) is 5.11 Å². The van der Waals surface area contributed by atoms with Crippen molar-refractivity contribution < 1.29 is 14.3 Å². The van der Waals surface area contributed by atoms with Gasteiger partial charge in [-0.15, -0.1) is 0 Å². The maximum absolute atomic E-state index is 13.8. The second kappa shape index (κ2) is 7.21. The Bertz CT molecular complexity index is 424. The van der Waals surface area contributed by atoms with Gasteiger partial charge in [-0.25, -0.2) is 4.39 Å². The summed E-state index contributed by atoms with van der Waals surface area (Å²) in [7, 11) is 3.85. The Morgan fingerprint density at radius 2 is 1.95 bits per heavy atom. The SMILES string of the molecule is CC(c1ccccc1F)N(CCN(C)C)CC(=O)O. The molecule has 1 aromatic rings. The van der Waals surface area contributed by atoms with Gasteiger partial charge in [0.2, 0.25) is 0 Å². The molecule has 0 aliphatic heterocycles. The molecule has 0 heterocycles. The fourth-order valence-corrected chi connectivity index (χ4v) is 1.92. The van der Waals surface area contributed by atoms with Crippen molar-refractivity contribution in [1.29, 1.82) is 0 Å². The van der Waals surface area contributed by atoms with Crippen LogP contribution in [0.1, 0.15) is 18.5 Å². The first-order valence-corrected chi connectivity index (χ1v) is 6.26. The molecule has 0 saturated heterocycles. The molecule has 0 aliphatic rings. The second-order valence-corrected chi connectivity index (χ2v) is 4.86. The zero-order chi connectivity index (χ0) is 14.4. The highest BCUT2D eigenvalue weighted by Crippen LogP contribution is 2.22. The highest BCUT2D eigenvalue weighted by Gasteiger charge is 2.20. The van der Waals surface area contributed by atoms with E-state index < -0.39 is 5.97 Å². The van der Waals surface area contributed by atoms with Crippen LogP contribution < -0.4 is 0 Å². The third-order valence-corrected chi connectivity index (χ3v) is 3.08. The number of benzene rings is 1. The van der Waals surface area contributed by atoms with Gasteiger partial charge in [-0.05, 0) is 27.1 Å². The van der Waals surface area contributed by atoms with Gasteiger partial charge in [-0.2, -0.15) is 0 Å². The molecule has 5 heteroatoms. The summed E-state index contributed by atoms with van der Waals surface area (Å²) in [6.45, 7) is 3.04. The van der Waals surface area contributed by atoms with Crippen molar-refractivity contribution in [2.45, 2.75) is 13.0 Å². The van der Waals surface area contributed by atoms with Gasteiger partial charge in [0.15, 0.2) is 0 Å². The molecular formula is C14H21FN2O2. The molecule has 0 saturated carbocycles. The molecular weight excluding hydrogens is 247 g/mol. The lowest BCUT2D eigenvalue weighted by Gasteiger charge is -2.29. The zero-order valence-corrected chi connectivity index (χ0v) is 11.6. The van der Waals surface area contributed by atoms with Crippen molar-refractivity contribution in [3.63, 3.8) is 0 Å². The summed E-state index contributed by atoms with van der Waals surface area (Å²) in [5, 5.41) is 8.97. The van der Waals surface area contributed by atoms with Crippen LogP contribution in [0.3, 0.4) is 0 Å². The minimum atomic E-state index is -0.901. The van der Waals surface area contributed by atoms with E-state index >= 15 is 0 Å². The Kier molecular flexibility index (Phi) is 5.92. The molecule has 0 radical (unpaired) electrons. The quantitative estimate of drug-likeness (QED) is 0.819. The molecule has 1 unspecified atom stereocenters. The highest BCUT2D eigenvalue weighted by atomic mass is 19.1. The van der Waals surface area contributed by atoms with Crippen molar-refractivity contribution in [2.24, 2.45) is 0 Å². The molecule has 1 rings (SSSR count). The van der Waals surface area contributed by atoms with Crippen molar-refractivity contribution in [3.05, 3.63) is 35.6 Å². The van der Waals surface area contributed by atoms with E-state index in [9.17, 15) is 9.18 Å². The fraction of sp³-hybridized carbons (Fsp3) is 0.500. The molecule has 4 nitrogen and oxygen atoms in total. The summed E-state index contributed by atoms with van der Waals surface area (Å²) in [5.74, 6) is -1.20. The number of carbonyl (C=O) groups is 1. The Labute approximate surface area is 113 Å². The van der Waals surface area contributed by atoms with E-state index in [2.05, 4.69) is 0 Å². The number of aliphatic carboxylic acids is 1. The first-order chi connectivity index (χ1) is 8.91. The lowest BCUT2D eigenvalue weighted by atomic mass is 10.1. The van der Waals surface area contributed by atoms with Gasteiger partial charge in [0.25, 0.3) is 0 Å². The Balaban J connectivity index is 2.84. The lowest BCUT2D eigenvalue weighted by Crippen LogP contribution is -2.37. The Morgan fingerprint density at radius 1 is 1.32 bits per heavy atom. The third kappa shape index (κ3) is 4.96. The molecule has 0 aromatic heterocycles. The van der Waals surface area contributed by atoms with E-state index in [1.54, 1.807) is 23.1 Å². The smallest absolute Gasteiger partial charge is 0.317 e. The topological polar surface area (TPSA) is 43.8 Å². The van der Waals surface area contributed by atoms with Crippen molar-refractivity contribution in [1.82, 2.24) is 9.80 Å². The van der Waals surface area contributed by atoms with Crippen LogP contribution in [0.4, 0.5) is 4.39 Å². The highest BCUT2D eigenvalue weighted by molar-refractivity contribution is 5.69. The molecule has 0 fully saturated rings. The monoisotopic (exact) mass is 268 g/mol. The summed E-state index contributed by atoms with van der Waals surface area (Å²) in [4.78, 5) is 14.7. The zero-order valence-electron chi connectivity index (χ0n) is 11.6. The van der Waals surface area contributed by atoms with E-state index in [1.807, 2.05) is 25.9 Å². The van der Waals surface area contributed by atoms with Crippen LogP contribution in [0, 0.1) is 5.82 Å². The number of carboxylic acid groups (broad SMARTS) is 1. The molecule has 0 bridgehead atoms. The molecule has 106 valence electrons. The van der Waals surface area contributed by atoms with E-state index in [-0.39, 0.29) is 18.4 Å². The van der Waals surface area contributed by atoms with Gasteiger partial charge in [-0.3, -0.25) is 9.69 Å². The van der Waals surface area contributed by atoms with Crippen LogP contribution in [0.5, 0.6) is 0 Å². The number of carboxylic acids is 1. The molecule has 0 aliphatic carbocycles. The van der Waals surface area contributed by atoms with Gasteiger partial charge < -0.3 is 10.0 Å². The number of nitrogens with zero attached hydrogens (tertiary/aromatic N) is 2. The normalized spacial score (nSPS) is 12.9. The molecule has 0 spiro atoms. The fourth-order valence-electron chi connectivity index (χ4n) is 1.92. The Morgan fingerprint density at radius 3 is 2.47 bits per heavy atom. The van der Waals surface area contributed by atoms with Crippen molar-refractivity contribution in [2.75, 3.05) is 33.7 Å². The number of rotatable bonds is 7. The predicted molar refractivity (Wildman–Crippen MR) is 72.6 cm³/mol. The predicted octanol–water partition coefficient (Wildman–Crippen LogP) is 1.83. The summed E-state index contributed by atoms with van der Waals surface area (Å²) in [5.41, 5.74) is 0.530. The van der Waals surface area contributed by atoms with E-state index in [0.29, 0.717) is 12.1 Å². The molecule has 0 amide bonds. The van der Waals surface area contributed by atoms with Crippen LogP contribution >= 0.6 is 0 Å². The van der Waals surface area contributed by atoms with Gasteiger partial charge in [-0.1, -0.05) is 18.2 Å². The number of halogens is 1. The van der Waals surface area contributed by atoms with Gasteiger partial charge >= 0.3 is 5.97 Å². The standard InChI is InChI=1S/C14H21FN2O2/c1-11(12-6-4-5-7-13(12)15)17(10-14(18)19)9-8-16(2)3/h4-7,11H,8-10H2,1-3H3,(H,18,19). The molecule has 19 heavy (non-hydrogen) atoms. The van der Waals surface area contributed by atoms with Crippen LogP contribution in [0.15, 0.2) is 24.3 Å². The molecule has 1 atom stereocenters. The first kappa shape index (κ1) is 15.6. The van der Waals surface area contributed by atoms with Gasteiger partial charge in [0, 0.05) is 24.7 Å². The van der Waals surface area contributed by atoms with Crippen molar-refractivity contribution in [3.8, 4) is 0 Å². The number of hydrogen-bond donors (Lipinski definition) is 1. The first-order valence-electron chi connectivity index (χ1n) is 6.26.